The van der Waals surface area contributed by atoms with Crippen molar-refractivity contribution in [1.29, 1.82) is 0 Å². The summed E-state index contributed by atoms with van der Waals surface area (Å²) in [5.74, 6) is -1.07. The number of nitrogens with zero attached hydrogens (tertiary/aromatic N) is 1. The van der Waals surface area contributed by atoms with Crippen LogP contribution in [0.25, 0.3) is 0 Å². The van der Waals surface area contributed by atoms with Crippen LogP contribution in [-0.4, -0.2) is 49.7 Å². The summed E-state index contributed by atoms with van der Waals surface area (Å²) in [5.41, 5.74) is -1.32. The Bertz CT molecular complexity index is 312. The molecule has 0 aromatic carbocycles. The van der Waals surface area contributed by atoms with Gasteiger partial charge in [-0.15, -0.1) is 6.58 Å². The van der Waals surface area contributed by atoms with Crippen molar-refractivity contribution >= 4 is 11.9 Å². The highest BCUT2D eigenvalue weighted by molar-refractivity contribution is 6.00. The van der Waals surface area contributed by atoms with Crippen LogP contribution in [-0.2, 0) is 19.1 Å². The van der Waals surface area contributed by atoms with Crippen molar-refractivity contribution < 1.29 is 31.5 Å². The number of esters is 2. The van der Waals surface area contributed by atoms with Gasteiger partial charge in [0.05, 0.1) is 13.2 Å². The summed E-state index contributed by atoms with van der Waals surface area (Å²) >= 11 is 0. The Morgan fingerprint density at radius 2 is 1.48 bits per heavy atom. The van der Waals surface area contributed by atoms with Gasteiger partial charge >= 0.3 is 11.9 Å². The average Bonchev–Trinajstić information content (AvgIpc) is 2.43. The summed E-state index contributed by atoms with van der Waals surface area (Å²) in [5, 5.41) is 0. The van der Waals surface area contributed by atoms with Crippen LogP contribution in [0.2, 0.25) is 0 Å². The molecular weight excluding hydrogens is 294 g/mol. The quantitative estimate of drug-likeness (QED) is 0.294. The molecule has 0 aliphatic heterocycles. The van der Waals surface area contributed by atoms with Gasteiger partial charge in [-0.05, 0) is 33.4 Å². The van der Waals surface area contributed by atoms with E-state index in [-0.39, 0.29) is 38.6 Å². The molecule has 0 fully saturated rings. The molecule has 0 bridgehead atoms. The van der Waals surface area contributed by atoms with E-state index in [1.165, 1.54) is 0 Å². The summed E-state index contributed by atoms with van der Waals surface area (Å²) in [4.78, 5) is 26.7. The Morgan fingerprint density at radius 1 is 1.05 bits per heavy atom. The second kappa shape index (κ2) is 11.6. The second-order valence-electron chi connectivity index (χ2n) is 4.48. The molecular formula is C15H27ClNO4-. The monoisotopic (exact) mass is 320 g/mol. The fourth-order valence-electron chi connectivity index (χ4n) is 2.06. The van der Waals surface area contributed by atoms with Crippen molar-refractivity contribution in [3.8, 4) is 0 Å². The predicted molar refractivity (Wildman–Crippen MR) is 78.3 cm³/mol. The van der Waals surface area contributed by atoms with E-state index >= 15 is 0 Å². The highest BCUT2D eigenvalue weighted by Gasteiger charge is 2.48. The predicted octanol–water partition coefficient (Wildman–Crippen LogP) is -0.979. The Hall–Kier alpha value is -1.07. The molecule has 0 unspecified atom stereocenters. The van der Waals surface area contributed by atoms with E-state index in [4.69, 9.17) is 9.47 Å². The first-order valence-corrected chi connectivity index (χ1v) is 7.19. The molecule has 0 rings (SSSR count). The van der Waals surface area contributed by atoms with Crippen molar-refractivity contribution in [2.24, 2.45) is 5.41 Å². The van der Waals surface area contributed by atoms with E-state index in [2.05, 4.69) is 6.58 Å². The number of allylic oxidation sites excluding steroid dienone is 1. The fraction of sp³-hybridized carbons (Fsp3) is 0.733. The number of halogens is 1. The smallest absolute Gasteiger partial charge is 0.325 e. The number of carbonyl (C=O) groups is 2. The molecule has 0 amide bonds. The van der Waals surface area contributed by atoms with Crippen LogP contribution in [0.4, 0.5) is 0 Å². The Balaban J connectivity index is 0. The maximum absolute atomic E-state index is 12.3. The molecule has 0 aliphatic carbocycles. The number of hydrogen-bond donors (Lipinski definition) is 0. The zero-order chi connectivity index (χ0) is 15.6. The third-order valence-electron chi connectivity index (χ3n) is 3.21. The van der Waals surface area contributed by atoms with Crippen molar-refractivity contribution in [3.63, 3.8) is 0 Å². The van der Waals surface area contributed by atoms with Gasteiger partial charge in [0.1, 0.15) is 0 Å². The molecule has 0 spiro atoms. The lowest BCUT2D eigenvalue weighted by molar-refractivity contribution is -0.173. The van der Waals surface area contributed by atoms with Crippen LogP contribution in [0, 0.1) is 5.41 Å². The van der Waals surface area contributed by atoms with Crippen LogP contribution in [0.5, 0.6) is 0 Å². The summed E-state index contributed by atoms with van der Waals surface area (Å²) in [6, 6.07) is 0. The molecule has 0 aromatic heterocycles. The highest BCUT2D eigenvalue weighted by Crippen LogP contribution is 2.28. The van der Waals surface area contributed by atoms with Crippen molar-refractivity contribution in [2.75, 3.05) is 32.8 Å². The zero-order valence-corrected chi connectivity index (χ0v) is 14.2. The molecule has 0 heterocycles. The molecule has 0 N–H and O–H groups in total. The first-order chi connectivity index (χ1) is 9.52. The molecule has 0 saturated carbocycles. The van der Waals surface area contributed by atoms with E-state index < -0.39 is 17.4 Å². The maximum atomic E-state index is 12.3. The maximum Gasteiger partial charge on any atom is 0.325 e. The van der Waals surface area contributed by atoms with E-state index in [9.17, 15) is 9.59 Å². The molecule has 0 atom stereocenters. The topological polar surface area (TPSA) is 55.8 Å². The minimum absolute atomic E-state index is 0. The Labute approximate surface area is 134 Å². The first kappa shape index (κ1) is 22.2. The molecule has 5 nitrogen and oxygen atoms in total. The first-order valence-electron chi connectivity index (χ1n) is 7.19. The highest BCUT2D eigenvalue weighted by atomic mass is 35.5. The molecule has 124 valence electrons. The summed E-state index contributed by atoms with van der Waals surface area (Å²) < 4.78 is 10.2. The van der Waals surface area contributed by atoms with Gasteiger partial charge in [0.2, 0.25) is 0 Å². The van der Waals surface area contributed by atoms with Gasteiger partial charge in [-0.3, -0.25) is 9.59 Å². The van der Waals surface area contributed by atoms with Crippen molar-refractivity contribution in [1.82, 2.24) is 4.90 Å². The Morgan fingerprint density at radius 3 is 1.76 bits per heavy atom. The second-order valence-corrected chi connectivity index (χ2v) is 4.48. The normalized spacial score (nSPS) is 10.7. The largest absolute Gasteiger partial charge is 1.00 e. The van der Waals surface area contributed by atoms with Gasteiger partial charge in [0.25, 0.3) is 0 Å². The van der Waals surface area contributed by atoms with Crippen molar-refractivity contribution in [3.05, 3.63) is 12.7 Å². The van der Waals surface area contributed by atoms with Crippen LogP contribution in [0.3, 0.4) is 0 Å². The standard InChI is InChI=1S/C15H27NO4.ClH/c1-6-11-15(13(17)19-9-4,14(18)20-10-5)12-16(7-2)8-3;/h6H,1,7-12H2,2-5H3;1H/p-1. The lowest BCUT2D eigenvalue weighted by atomic mass is 9.83. The minimum Gasteiger partial charge on any atom is -1.00 e. The summed E-state index contributed by atoms with van der Waals surface area (Å²) in [6.45, 7) is 13.3. The van der Waals surface area contributed by atoms with E-state index in [1.54, 1.807) is 19.9 Å². The minimum atomic E-state index is -1.32. The molecule has 21 heavy (non-hydrogen) atoms. The fourth-order valence-corrected chi connectivity index (χ4v) is 2.06. The summed E-state index contributed by atoms with van der Waals surface area (Å²) in [7, 11) is 0. The third kappa shape index (κ3) is 6.06. The van der Waals surface area contributed by atoms with Gasteiger partial charge in [-0.25, -0.2) is 0 Å². The average molecular weight is 321 g/mol. The lowest BCUT2D eigenvalue weighted by Gasteiger charge is -2.32. The number of ether oxygens (including phenoxy) is 2. The lowest BCUT2D eigenvalue weighted by Crippen LogP contribution is -3.00. The van der Waals surface area contributed by atoms with E-state index in [0.29, 0.717) is 0 Å². The molecule has 6 heteroatoms. The number of hydrogen-bond acceptors (Lipinski definition) is 5. The van der Waals surface area contributed by atoms with Gasteiger partial charge in [0.15, 0.2) is 5.41 Å². The molecule has 0 radical (unpaired) electrons. The van der Waals surface area contributed by atoms with Gasteiger partial charge in [-0.2, -0.15) is 0 Å². The third-order valence-corrected chi connectivity index (χ3v) is 3.21. The van der Waals surface area contributed by atoms with E-state index in [1.807, 2.05) is 18.7 Å². The van der Waals surface area contributed by atoms with Gasteiger partial charge < -0.3 is 26.8 Å². The SMILES string of the molecule is C=CCC(CN(CC)CC)(C(=O)OCC)C(=O)OCC.[Cl-]. The van der Waals surface area contributed by atoms with Gasteiger partial charge in [0, 0.05) is 6.54 Å². The van der Waals surface area contributed by atoms with Crippen LogP contribution >= 0.6 is 0 Å². The van der Waals surface area contributed by atoms with Crippen LogP contribution in [0.15, 0.2) is 12.7 Å². The van der Waals surface area contributed by atoms with E-state index in [0.717, 1.165) is 13.1 Å². The van der Waals surface area contributed by atoms with Crippen LogP contribution < -0.4 is 12.4 Å². The number of carbonyl (C=O) groups excluding carboxylic acids is 2. The summed E-state index contributed by atoms with van der Waals surface area (Å²) in [6.07, 6.45) is 1.78. The Kier molecular flexibility index (Phi) is 12.2. The van der Waals surface area contributed by atoms with Crippen LogP contribution in [0.1, 0.15) is 34.1 Å². The molecule has 0 aromatic rings. The van der Waals surface area contributed by atoms with Crippen molar-refractivity contribution in [2.45, 2.75) is 34.1 Å². The zero-order valence-electron chi connectivity index (χ0n) is 13.5. The number of rotatable bonds is 10. The molecule has 0 aliphatic rings. The van der Waals surface area contributed by atoms with Gasteiger partial charge in [-0.1, -0.05) is 19.9 Å². The molecule has 0 saturated heterocycles.